The van der Waals surface area contributed by atoms with Gasteiger partial charge in [0.05, 0.1) is 0 Å². The molecule has 1 N–H and O–H groups in total. The third-order valence-electron chi connectivity index (χ3n) is 7.65. The average Bonchev–Trinajstić information content (AvgIpc) is 3.37. The van der Waals surface area contributed by atoms with E-state index in [4.69, 9.17) is 0 Å². The molecule has 0 radical (unpaired) electrons. The van der Waals surface area contributed by atoms with Crippen molar-refractivity contribution in [2.75, 3.05) is 38.0 Å². The molecule has 0 aliphatic carbocycles. The Hall–Kier alpha value is -1.82. The average molecular weight is 512 g/mol. The minimum absolute atomic E-state index is 0.171. The minimum Gasteiger partial charge on any atom is -0.356 e. The van der Waals surface area contributed by atoms with Gasteiger partial charge in [0, 0.05) is 41.3 Å². The predicted molar refractivity (Wildman–Crippen MR) is 156 cm³/mol. The van der Waals surface area contributed by atoms with Crippen molar-refractivity contribution in [2.24, 2.45) is 11.3 Å². The fourth-order valence-corrected chi connectivity index (χ4v) is 6.76. The normalized spacial score (nSPS) is 24.8. The molecule has 3 rings (SSSR count). The number of piperidine rings is 1. The summed E-state index contributed by atoms with van der Waals surface area (Å²) in [5, 5.41) is 3.50. The highest BCUT2D eigenvalue weighted by Gasteiger charge is 2.43. The number of halogens is 1. The first kappa shape index (κ1) is 28.7. The Morgan fingerprint density at radius 3 is 2.53 bits per heavy atom. The standard InChI is InChI=1S/C31H46FN3S/c1-6-9-13-29(12-7-2)36-35-21-18-26(5)31(24-35,23-34-19-10-11-20-34)22-25(4)30(8-3)33-28-16-14-27(32)15-17-28/h8-9,12-17,26,33H,3,6-7,10-11,18-24H2,1-2,4-5H3/b13-9-,29-12+,30-25+. The molecular weight excluding hydrogens is 465 g/mol. The second-order valence-electron chi connectivity index (χ2n) is 10.5. The first-order valence-corrected chi connectivity index (χ1v) is 14.5. The lowest BCUT2D eigenvalue weighted by Crippen LogP contribution is -2.51. The summed E-state index contributed by atoms with van der Waals surface area (Å²) in [6.07, 6.45) is 15.8. The predicted octanol–water partition coefficient (Wildman–Crippen LogP) is 8.42. The van der Waals surface area contributed by atoms with E-state index in [9.17, 15) is 4.39 Å². The van der Waals surface area contributed by atoms with Gasteiger partial charge in [-0.1, -0.05) is 45.6 Å². The molecule has 0 bridgehead atoms. The Balaban J connectivity index is 1.87. The van der Waals surface area contributed by atoms with E-state index in [0.29, 0.717) is 5.92 Å². The van der Waals surface area contributed by atoms with Gasteiger partial charge in [0.25, 0.3) is 0 Å². The molecule has 5 heteroatoms. The number of rotatable bonds is 12. The quantitative estimate of drug-likeness (QED) is 0.224. The summed E-state index contributed by atoms with van der Waals surface area (Å²) >= 11 is 1.94. The fraction of sp³-hybridized carbons (Fsp3) is 0.548. The monoisotopic (exact) mass is 511 g/mol. The van der Waals surface area contributed by atoms with Gasteiger partial charge in [-0.3, -0.25) is 0 Å². The van der Waals surface area contributed by atoms with Crippen LogP contribution in [0.25, 0.3) is 0 Å². The number of allylic oxidation sites excluding steroid dienone is 5. The van der Waals surface area contributed by atoms with Crippen LogP contribution < -0.4 is 5.32 Å². The zero-order valence-electron chi connectivity index (χ0n) is 22.9. The molecule has 2 unspecified atom stereocenters. The van der Waals surface area contributed by atoms with Crippen LogP contribution in [0.3, 0.4) is 0 Å². The Bertz CT molecular complexity index is 930. The third-order valence-corrected chi connectivity index (χ3v) is 8.73. The Morgan fingerprint density at radius 2 is 1.89 bits per heavy atom. The summed E-state index contributed by atoms with van der Waals surface area (Å²) in [6, 6.07) is 6.58. The Labute approximate surface area is 223 Å². The number of benzene rings is 1. The molecule has 0 saturated carbocycles. The van der Waals surface area contributed by atoms with Crippen molar-refractivity contribution < 1.29 is 4.39 Å². The molecule has 36 heavy (non-hydrogen) atoms. The Kier molecular flexibility index (Phi) is 11.3. The van der Waals surface area contributed by atoms with Gasteiger partial charge in [-0.2, -0.15) is 0 Å². The van der Waals surface area contributed by atoms with Crippen LogP contribution in [0.2, 0.25) is 0 Å². The van der Waals surface area contributed by atoms with Crippen molar-refractivity contribution in [1.29, 1.82) is 0 Å². The summed E-state index contributed by atoms with van der Waals surface area (Å²) in [7, 11) is 0. The molecule has 2 heterocycles. The van der Waals surface area contributed by atoms with Gasteiger partial charge in [-0.15, -0.1) is 0 Å². The van der Waals surface area contributed by atoms with Crippen LogP contribution in [-0.2, 0) is 0 Å². The van der Waals surface area contributed by atoms with Gasteiger partial charge in [0.15, 0.2) is 0 Å². The summed E-state index contributed by atoms with van der Waals surface area (Å²) in [5.41, 5.74) is 3.42. The lowest BCUT2D eigenvalue weighted by Gasteiger charge is -2.49. The number of hydrogen-bond donors (Lipinski definition) is 1. The molecule has 1 aromatic carbocycles. The van der Waals surface area contributed by atoms with Crippen LogP contribution in [0.4, 0.5) is 10.1 Å². The molecule has 2 aliphatic rings. The highest BCUT2D eigenvalue weighted by molar-refractivity contribution is 8.01. The van der Waals surface area contributed by atoms with E-state index in [1.165, 1.54) is 55.0 Å². The molecule has 2 fully saturated rings. The van der Waals surface area contributed by atoms with E-state index < -0.39 is 0 Å². The van der Waals surface area contributed by atoms with Crippen LogP contribution in [0, 0.1) is 17.2 Å². The number of nitrogens with one attached hydrogen (secondary N) is 1. The van der Waals surface area contributed by atoms with E-state index in [0.717, 1.165) is 50.3 Å². The molecular formula is C31H46FN3S. The maximum absolute atomic E-state index is 13.4. The first-order valence-electron chi connectivity index (χ1n) is 13.8. The van der Waals surface area contributed by atoms with Gasteiger partial charge in [0.2, 0.25) is 0 Å². The summed E-state index contributed by atoms with van der Waals surface area (Å²) in [5.74, 6) is 0.413. The lowest BCUT2D eigenvalue weighted by molar-refractivity contribution is 0.0455. The summed E-state index contributed by atoms with van der Waals surface area (Å²) in [4.78, 5) is 4.06. The highest BCUT2D eigenvalue weighted by atomic mass is 32.2. The van der Waals surface area contributed by atoms with Crippen LogP contribution in [-0.4, -0.2) is 41.9 Å². The van der Waals surface area contributed by atoms with Gasteiger partial charge < -0.3 is 10.2 Å². The second kappa shape index (κ2) is 14.2. The topological polar surface area (TPSA) is 18.5 Å². The highest BCUT2D eigenvalue weighted by Crippen LogP contribution is 2.45. The van der Waals surface area contributed by atoms with Crippen LogP contribution in [0.5, 0.6) is 0 Å². The van der Waals surface area contributed by atoms with Crippen molar-refractivity contribution in [3.63, 3.8) is 0 Å². The maximum Gasteiger partial charge on any atom is 0.123 e. The molecule has 1 aromatic rings. The SMILES string of the molecule is C=C/C(Nc1ccc(F)cc1)=C(/C)CC1(CN2CCCC2)CN(SC(/C=C\CC)=C/CC)CCC1C. The largest absolute Gasteiger partial charge is 0.356 e. The van der Waals surface area contributed by atoms with Crippen LogP contribution >= 0.6 is 11.9 Å². The third kappa shape index (κ3) is 8.09. The molecule has 198 valence electrons. The van der Waals surface area contributed by atoms with E-state index >= 15 is 0 Å². The molecule has 0 aromatic heterocycles. The smallest absolute Gasteiger partial charge is 0.123 e. The molecule has 2 atom stereocenters. The van der Waals surface area contributed by atoms with Crippen LogP contribution in [0.1, 0.15) is 66.2 Å². The number of nitrogens with zero attached hydrogens (tertiary/aromatic N) is 2. The molecule has 3 nitrogen and oxygen atoms in total. The lowest BCUT2D eigenvalue weighted by atomic mass is 9.68. The van der Waals surface area contributed by atoms with Gasteiger partial charge >= 0.3 is 0 Å². The Morgan fingerprint density at radius 1 is 1.17 bits per heavy atom. The van der Waals surface area contributed by atoms with Crippen molar-refractivity contribution >= 4 is 17.6 Å². The second-order valence-corrected chi connectivity index (χ2v) is 11.7. The van der Waals surface area contributed by atoms with Crippen molar-refractivity contribution in [3.8, 4) is 0 Å². The number of anilines is 1. The zero-order chi connectivity index (χ0) is 26.0. The van der Waals surface area contributed by atoms with E-state index in [1.54, 1.807) is 12.1 Å². The summed E-state index contributed by atoms with van der Waals surface area (Å²) in [6.45, 7) is 19.0. The first-order chi connectivity index (χ1) is 17.4. The molecule has 0 amide bonds. The fourth-order valence-electron chi connectivity index (χ4n) is 5.55. The van der Waals surface area contributed by atoms with Crippen molar-refractivity contribution in [1.82, 2.24) is 9.21 Å². The van der Waals surface area contributed by atoms with Crippen LogP contribution in [0.15, 0.2) is 71.3 Å². The minimum atomic E-state index is -0.218. The summed E-state index contributed by atoms with van der Waals surface area (Å²) < 4.78 is 16.0. The van der Waals surface area contributed by atoms with E-state index in [1.807, 2.05) is 18.0 Å². The van der Waals surface area contributed by atoms with E-state index in [2.05, 4.69) is 67.0 Å². The number of hydrogen-bond acceptors (Lipinski definition) is 4. The van der Waals surface area contributed by atoms with Gasteiger partial charge in [-0.05, 0) is 112 Å². The zero-order valence-corrected chi connectivity index (χ0v) is 23.7. The van der Waals surface area contributed by atoms with Gasteiger partial charge in [0.1, 0.15) is 5.82 Å². The van der Waals surface area contributed by atoms with Crippen molar-refractivity contribution in [2.45, 2.75) is 66.2 Å². The van der Waals surface area contributed by atoms with Crippen molar-refractivity contribution in [3.05, 3.63) is 77.1 Å². The molecule has 2 aliphatic heterocycles. The molecule has 2 saturated heterocycles. The molecule has 0 spiro atoms. The maximum atomic E-state index is 13.4. The number of likely N-dealkylation sites (tertiary alicyclic amines) is 1. The van der Waals surface area contributed by atoms with E-state index in [-0.39, 0.29) is 11.2 Å². The van der Waals surface area contributed by atoms with Gasteiger partial charge in [-0.25, -0.2) is 8.70 Å².